The Morgan fingerprint density at radius 1 is 1.15 bits per heavy atom. The number of nitrogens with one attached hydrogen (secondary N) is 1. The van der Waals surface area contributed by atoms with E-state index in [2.05, 4.69) is 15.0 Å². The summed E-state index contributed by atoms with van der Waals surface area (Å²) in [5, 5.41) is 20.9. The van der Waals surface area contributed by atoms with Crippen LogP contribution in [0.1, 0.15) is 30.5 Å². The van der Waals surface area contributed by atoms with Crippen molar-refractivity contribution in [3.8, 4) is 11.9 Å². The van der Waals surface area contributed by atoms with Crippen molar-refractivity contribution >= 4 is 35.2 Å². The Morgan fingerprint density at radius 3 is 2.49 bits per heavy atom. The van der Waals surface area contributed by atoms with Crippen LogP contribution < -0.4 is 15.0 Å². The quantitative estimate of drug-likeness (QED) is 0.309. The van der Waals surface area contributed by atoms with Crippen molar-refractivity contribution in [3.05, 3.63) is 77.5 Å². The van der Waals surface area contributed by atoms with E-state index in [1.807, 2.05) is 0 Å². The number of hydrogen-bond donors (Lipinski definition) is 2. The number of halogens is 3. The summed E-state index contributed by atoms with van der Waals surface area (Å²) >= 11 is 0. The number of imide groups is 1. The van der Waals surface area contributed by atoms with Gasteiger partial charge in [0, 0.05) is 11.8 Å². The molecule has 0 unspecified atom stereocenters. The monoisotopic (exact) mass is 539 g/mol. The fourth-order valence-electron chi connectivity index (χ4n) is 4.04. The lowest BCUT2D eigenvalue weighted by atomic mass is 10.0. The van der Waals surface area contributed by atoms with E-state index in [0.717, 1.165) is 12.1 Å². The highest BCUT2D eigenvalue weighted by atomic mass is 19.4. The standard InChI is InChI=1S/C26H20F3N5O5/c1-25(2)22(35)34(18-9-7-15(12-30)19(11-18)26(27,28)29)23(36)33(25)14-16-5-3-4-6-20(16)32-17-8-10-21(31-13-17)39-24(37)38/h3-11,13,32H,14H2,1-2H3,(H,37,38). The van der Waals surface area contributed by atoms with Crippen LogP contribution in [-0.4, -0.2) is 38.6 Å². The molecule has 4 rings (SSSR count). The fraction of sp³-hybridized carbons (Fsp3) is 0.192. The van der Waals surface area contributed by atoms with Crippen LogP contribution in [0.15, 0.2) is 60.8 Å². The van der Waals surface area contributed by atoms with Crippen LogP contribution in [0.2, 0.25) is 0 Å². The number of carbonyl (C=O) groups excluding carboxylic acids is 2. The van der Waals surface area contributed by atoms with Crippen molar-refractivity contribution in [2.45, 2.75) is 32.1 Å². The summed E-state index contributed by atoms with van der Waals surface area (Å²) in [6.45, 7) is 2.90. The van der Waals surface area contributed by atoms with E-state index < -0.39 is 40.9 Å². The zero-order chi connectivity index (χ0) is 28.5. The first kappa shape index (κ1) is 26.9. The number of hydrogen-bond acceptors (Lipinski definition) is 7. The summed E-state index contributed by atoms with van der Waals surface area (Å²) in [4.78, 5) is 43.2. The van der Waals surface area contributed by atoms with E-state index in [-0.39, 0.29) is 18.1 Å². The molecular formula is C26H20F3N5O5. The van der Waals surface area contributed by atoms with Crippen molar-refractivity contribution in [2.24, 2.45) is 0 Å². The van der Waals surface area contributed by atoms with Crippen LogP contribution in [-0.2, 0) is 17.5 Å². The highest BCUT2D eigenvalue weighted by Crippen LogP contribution is 2.38. The molecule has 1 aromatic heterocycles. The van der Waals surface area contributed by atoms with Crippen LogP contribution in [0.4, 0.5) is 39.8 Å². The molecule has 0 aliphatic carbocycles. The normalized spacial score (nSPS) is 14.8. The number of urea groups is 1. The van der Waals surface area contributed by atoms with Crippen LogP contribution in [0.25, 0.3) is 0 Å². The molecule has 1 aliphatic rings. The minimum atomic E-state index is -4.86. The highest BCUT2D eigenvalue weighted by Gasteiger charge is 2.52. The number of nitriles is 1. The van der Waals surface area contributed by atoms with Gasteiger partial charge >= 0.3 is 18.4 Å². The van der Waals surface area contributed by atoms with Gasteiger partial charge in [-0.2, -0.15) is 18.4 Å². The summed E-state index contributed by atoms with van der Waals surface area (Å²) < 4.78 is 45.0. The maximum atomic E-state index is 13.5. The van der Waals surface area contributed by atoms with Gasteiger partial charge in [0.25, 0.3) is 5.91 Å². The molecule has 0 spiro atoms. The number of carbonyl (C=O) groups is 3. The number of ether oxygens (including phenoxy) is 1. The number of amides is 3. The molecule has 2 heterocycles. The average molecular weight is 539 g/mol. The molecule has 1 aliphatic heterocycles. The van der Waals surface area contributed by atoms with Gasteiger partial charge in [-0.05, 0) is 49.7 Å². The van der Waals surface area contributed by atoms with E-state index in [9.17, 15) is 27.6 Å². The first-order chi connectivity index (χ1) is 18.3. The molecule has 0 saturated carbocycles. The number of aromatic nitrogens is 1. The van der Waals surface area contributed by atoms with Crippen molar-refractivity contribution in [2.75, 3.05) is 10.2 Å². The van der Waals surface area contributed by atoms with Gasteiger partial charge in [0.1, 0.15) is 5.54 Å². The second kappa shape index (κ2) is 9.97. The van der Waals surface area contributed by atoms with E-state index in [1.165, 1.54) is 43.1 Å². The molecule has 1 saturated heterocycles. The van der Waals surface area contributed by atoms with Gasteiger partial charge in [0.15, 0.2) is 0 Å². The molecule has 3 amide bonds. The lowest BCUT2D eigenvalue weighted by Gasteiger charge is -2.28. The number of nitrogens with zero attached hydrogens (tertiary/aromatic N) is 4. The number of benzene rings is 2. The van der Waals surface area contributed by atoms with Gasteiger partial charge < -0.3 is 20.1 Å². The fourth-order valence-corrected chi connectivity index (χ4v) is 4.04. The Morgan fingerprint density at radius 2 is 1.87 bits per heavy atom. The van der Waals surface area contributed by atoms with Crippen LogP contribution in [0.5, 0.6) is 5.88 Å². The Balaban J connectivity index is 1.63. The van der Waals surface area contributed by atoms with Crippen molar-refractivity contribution in [1.82, 2.24) is 9.88 Å². The van der Waals surface area contributed by atoms with Crippen LogP contribution in [0.3, 0.4) is 0 Å². The first-order valence-corrected chi connectivity index (χ1v) is 11.3. The molecule has 13 heteroatoms. The summed E-state index contributed by atoms with van der Waals surface area (Å²) in [7, 11) is 0. The molecule has 3 aromatic rings. The Hall–Kier alpha value is -5.12. The minimum Gasteiger partial charge on any atom is -0.449 e. The minimum absolute atomic E-state index is 0.0761. The molecule has 10 nitrogen and oxygen atoms in total. The van der Waals surface area contributed by atoms with Crippen molar-refractivity contribution < 1.29 is 37.4 Å². The van der Waals surface area contributed by atoms with E-state index in [1.54, 1.807) is 24.3 Å². The Kier molecular flexibility index (Phi) is 6.89. The summed E-state index contributed by atoms with van der Waals surface area (Å²) in [6, 6.07) is 13.1. The van der Waals surface area contributed by atoms with E-state index in [4.69, 9.17) is 10.4 Å². The third kappa shape index (κ3) is 5.30. The predicted molar refractivity (Wildman–Crippen MR) is 131 cm³/mol. The SMILES string of the molecule is CC1(C)C(=O)N(c2ccc(C#N)c(C(F)(F)F)c2)C(=O)N1Cc1ccccc1Nc1ccc(OC(=O)O)nc1. The van der Waals surface area contributed by atoms with Gasteiger partial charge in [-0.1, -0.05) is 18.2 Å². The van der Waals surface area contributed by atoms with Crippen molar-refractivity contribution in [1.29, 1.82) is 5.26 Å². The lowest BCUT2D eigenvalue weighted by Crippen LogP contribution is -2.43. The van der Waals surface area contributed by atoms with Gasteiger partial charge in [-0.25, -0.2) is 19.5 Å². The highest BCUT2D eigenvalue weighted by molar-refractivity contribution is 6.23. The summed E-state index contributed by atoms with van der Waals surface area (Å²) in [5.41, 5.74) is -1.99. The Bertz CT molecular complexity index is 1500. The van der Waals surface area contributed by atoms with E-state index >= 15 is 0 Å². The molecular weight excluding hydrogens is 519 g/mol. The number of rotatable bonds is 6. The van der Waals surface area contributed by atoms with Crippen LogP contribution in [0, 0.1) is 11.3 Å². The zero-order valence-electron chi connectivity index (χ0n) is 20.5. The van der Waals surface area contributed by atoms with Gasteiger partial charge in [-0.3, -0.25) is 4.79 Å². The van der Waals surface area contributed by atoms with Gasteiger partial charge in [0.2, 0.25) is 5.88 Å². The maximum absolute atomic E-state index is 13.5. The third-order valence-electron chi connectivity index (χ3n) is 6.06. The van der Waals surface area contributed by atoms with Crippen LogP contribution >= 0.6 is 0 Å². The molecule has 2 aromatic carbocycles. The number of carboxylic acid groups (broad SMARTS) is 1. The largest absolute Gasteiger partial charge is 0.512 e. The zero-order valence-corrected chi connectivity index (χ0v) is 20.5. The molecule has 200 valence electrons. The summed E-state index contributed by atoms with van der Waals surface area (Å²) in [5.74, 6) is -0.852. The average Bonchev–Trinajstić information content (AvgIpc) is 3.04. The lowest BCUT2D eigenvalue weighted by molar-refractivity contribution is -0.137. The second-order valence-electron chi connectivity index (χ2n) is 8.94. The smallest absolute Gasteiger partial charge is 0.449 e. The Labute approximate surface area is 219 Å². The number of pyridine rings is 1. The van der Waals surface area contributed by atoms with Gasteiger partial charge in [-0.15, -0.1) is 0 Å². The maximum Gasteiger partial charge on any atom is 0.512 e. The number of anilines is 3. The molecule has 0 radical (unpaired) electrons. The van der Waals surface area contributed by atoms with Crippen molar-refractivity contribution in [3.63, 3.8) is 0 Å². The molecule has 2 N–H and O–H groups in total. The number of alkyl halides is 3. The third-order valence-corrected chi connectivity index (χ3v) is 6.06. The van der Waals surface area contributed by atoms with Gasteiger partial charge in [0.05, 0.1) is 41.3 Å². The molecule has 1 fully saturated rings. The summed E-state index contributed by atoms with van der Waals surface area (Å²) in [6.07, 6.45) is -5.03. The molecule has 0 atom stereocenters. The van der Waals surface area contributed by atoms with E-state index in [0.29, 0.717) is 27.9 Å². The molecule has 0 bridgehead atoms. The second-order valence-corrected chi connectivity index (χ2v) is 8.94. The first-order valence-electron chi connectivity index (χ1n) is 11.3. The molecule has 39 heavy (non-hydrogen) atoms. The topological polar surface area (TPSA) is 136 Å². The number of para-hydroxylation sites is 1. The predicted octanol–water partition coefficient (Wildman–Crippen LogP) is 5.52.